The highest BCUT2D eigenvalue weighted by atomic mass is 16.5. The molecule has 0 saturated carbocycles. The van der Waals surface area contributed by atoms with Crippen molar-refractivity contribution in [2.75, 3.05) is 13.7 Å². The van der Waals surface area contributed by atoms with Gasteiger partial charge in [0, 0.05) is 20.1 Å². The van der Waals surface area contributed by atoms with E-state index in [1.807, 2.05) is 12.4 Å². The Morgan fingerprint density at radius 1 is 1.53 bits per heavy atom. The molecule has 1 aromatic rings. The highest BCUT2D eigenvalue weighted by molar-refractivity contribution is 4.78. The fraction of sp³-hybridized carbons (Fsp3) is 0.636. The molecule has 0 aromatic carbocycles. The number of hydrogen-bond acceptors (Lipinski definition) is 2. The number of aryl methyl sites for hydroxylation is 2. The number of methoxy groups -OCH3 is 1. The second-order valence-electron chi connectivity index (χ2n) is 3.46. The highest BCUT2D eigenvalue weighted by Crippen LogP contribution is 1.98. The summed E-state index contributed by atoms with van der Waals surface area (Å²) in [6.07, 6.45) is 7.68. The molecular weight excluding hydrogens is 190 g/mol. The minimum absolute atomic E-state index is 0.563. The van der Waals surface area contributed by atoms with E-state index < -0.39 is 0 Å². The molecule has 1 rings (SSSR count). The van der Waals surface area contributed by atoms with Gasteiger partial charge in [0.25, 0.3) is 5.82 Å². The number of imidazole rings is 1. The molecule has 0 aliphatic carbocycles. The van der Waals surface area contributed by atoms with Crippen LogP contribution in [-0.2, 0) is 17.7 Å². The lowest BCUT2D eigenvalue weighted by molar-refractivity contribution is -0.701. The van der Waals surface area contributed by atoms with Crippen molar-refractivity contribution < 1.29 is 9.30 Å². The molecule has 1 N–H and O–H groups in total. The molecule has 0 unspecified atom stereocenters. The Morgan fingerprint density at radius 3 is 3.13 bits per heavy atom. The number of hydrogen-bond donors (Lipinski definition) is 1. The van der Waals surface area contributed by atoms with Gasteiger partial charge in [0.1, 0.15) is 18.9 Å². The maximum absolute atomic E-state index is 8.51. The van der Waals surface area contributed by atoms with Crippen LogP contribution in [0.5, 0.6) is 0 Å². The quantitative estimate of drug-likeness (QED) is 0.540. The van der Waals surface area contributed by atoms with Crippen molar-refractivity contribution in [2.45, 2.75) is 32.2 Å². The lowest BCUT2D eigenvalue weighted by Crippen LogP contribution is -2.35. The molecule has 1 heterocycles. The molecule has 4 nitrogen and oxygen atoms in total. The van der Waals surface area contributed by atoms with Crippen molar-refractivity contribution in [3.8, 4) is 6.07 Å². The molecule has 0 fully saturated rings. The average molecular weight is 208 g/mol. The van der Waals surface area contributed by atoms with Gasteiger partial charge in [-0.15, -0.1) is 0 Å². The molecule has 0 radical (unpaired) electrons. The number of nitrogens with zero attached hydrogens (tertiary/aromatic N) is 2. The Balaban J connectivity index is 2.33. The summed E-state index contributed by atoms with van der Waals surface area (Å²) < 4.78 is 7.10. The van der Waals surface area contributed by atoms with E-state index in [4.69, 9.17) is 10.00 Å². The molecule has 0 aliphatic rings. The summed E-state index contributed by atoms with van der Waals surface area (Å²) in [5, 5.41) is 8.51. The first-order chi connectivity index (χ1) is 7.38. The molecular formula is C11H18N3O+. The van der Waals surface area contributed by atoms with Gasteiger partial charge in [-0.2, -0.15) is 5.26 Å². The first-order valence-electron chi connectivity index (χ1n) is 5.30. The van der Waals surface area contributed by atoms with Gasteiger partial charge >= 0.3 is 0 Å². The van der Waals surface area contributed by atoms with Crippen LogP contribution in [-0.4, -0.2) is 18.7 Å². The van der Waals surface area contributed by atoms with Gasteiger partial charge < -0.3 is 4.74 Å². The predicted molar refractivity (Wildman–Crippen MR) is 56.0 cm³/mol. The van der Waals surface area contributed by atoms with E-state index in [9.17, 15) is 0 Å². The lowest BCUT2D eigenvalue weighted by Gasteiger charge is -1.99. The van der Waals surface area contributed by atoms with Crippen LogP contribution in [0.2, 0.25) is 0 Å². The van der Waals surface area contributed by atoms with Crippen LogP contribution < -0.4 is 4.57 Å². The number of ether oxygens (including phenoxy) is 1. The van der Waals surface area contributed by atoms with E-state index >= 15 is 0 Å². The standard InChI is InChI=1S/C11H17N3O/c1-15-10-3-2-5-11-13-7-9-14(11)8-4-6-12/h7,9H,2-5,8,10H2,1H3/p+1. The monoisotopic (exact) mass is 208 g/mol. The van der Waals surface area contributed by atoms with Crippen molar-refractivity contribution in [3.63, 3.8) is 0 Å². The second-order valence-corrected chi connectivity index (χ2v) is 3.46. The first-order valence-corrected chi connectivity index (χ1v) is 5.30. The fourth-order valence-electron chi connectivity index (χ4n) is 1.53. The number of aromatic amines is 1. The third-order valence-electron chi connectivity index (χ3n) is 2.33. The second kappa shape index (κ2) is 7.02. The SMILES string of the molecule is COCCCCc1[nH]cc[n+]1CCC#N. The normalized spacial score (nSPS) is 10.1. The van der Waals surface area contributed by atoms with Gasteiger partial charge in [-0.1, -0.05) is 0 Å². The van der Waals surface area contributed by atoms with Crippen LogP contribution in [0.4, 0.5) is 0 Å². The minimum atomic E-state index is 0.563. The van der Waals surface area contributed by atoms with Gasteiger partial charge in [0.2, 0.25) is 0 Å². The maximum atomic E-state index is 8.51. The average Bonchev–Trinajstić information content (AvgIpc) is 2.69. The zero-order valence-corrected chi connectivity index (χ0v) is 9.20. The van der Waals surface area contributed by atoms with Crippen LogP contribution in [0.15, 0.2) is 12.4 Å². The van der Waals surface area contributed by atoms with Gasteiger partial charge in [-0.25, -0.2) is 9.55 Å². The molecule has 1 aromatic heterocycles. The summed E-state index contributed by atoms with van der Waals surface area (Å²) in [5.74, 6) is 1.20. The number of aromatic nitrogens is 2. The number of unbranched alkanes of at least 4 members (excludes halogenated alkanes) is 1. The third-order valence-corrected chi connectivity index (χ3v) is 2.33. The summed E-state index contributed by atoms with van der Waals surface area (Å²) in [6, 6.07) is 2.15. The summed E-state index contributed by atoms with van der Waals surface area (Å²) >= 11 is 0. The van der Waals surface area contributed by atoms with Crippen LogP contribution in [0, 0.1) is 11.3 Å². The van der Waals surface area contributed by atoms with E-state index in [0.29, 0.717) is 6.42 Å². The van der Waals surface area contributed by atoms with Crippen molar-refractivity contribution in [2.24, 2.45) is 0 Å². The maximum Gasteiger partial charge on any atom is 0.254 e. The van der Waals surface area contributed by atoms with Gasteiger partial charge in [0.15, 0.2) is 0 Å². The molecule has 15 heavy (non-hydrogen) atoms. The Morgan fingerprint density at radius 2 is 2.40 bits per heavy atom. The minimum Gasteiger partial charge on any atom is -0.385 e. The summed E-state index contributed by atoms with van der Waals surface area (Å²) in [6.45, 7) is 1.60. The van der Waals surface area contributed by atoms with E-state index in [0.717, 1.165) is 32.4 Å². The number of nitriles is 1. The lowest BCUT2D eigenvalue weighted by atomic mass is 10.2. The molecule has 0 atom stereocenters. The van der Waals surface area contributed by atoms with Crippen LogP contribution in [0.1, 0.15) is 25.1 Å². The van der Waals surface area contributed by atoms with Gasteiger partial charge in [-0.05, 0) is 12.8 Å². The van der Waals surface area contributed by atoms with E-state index in [1.165, 1.54) is 5.82 Å². The van der Waals surface area contributed by atoms with Crippen LogP contribution in [0.25, 0.3) is 0 Å². The van der Waals surface area contributed by atoms with Crippen molar-refractivity contribution in [3.05, 3.63) is 18.2 Å². The summed E-state index contributed by atoms with van der Waals surface area (Å²) in [5.41, 5.74) is 0. The summed E-state index contributed by atoms with van der Waals surface area (Å²) in [4.78, 5) is 3.20. The van der Waals surface area contributed by atoms with E-state index in [2.05, 4.69) is 15.6 Å². The number of nitrogens with one attached hydrogen (secondary N) is 1. The van der Waals surface area contributed by atoms with Crippen LogP contribution in [0.3, 0.4) is 0 Å². The molecule has 0 aliphatic heterocycles. The molecule has 4 heteroatoms. The van der Waals surface area contributed by atoms with Crippen molar-refractivity contribution in [1.29, 1.82) is 5.26 Å². The van der Waals surface area contributed by atoms with Crippen molar-refractivity contribution in [1.82, 2.24) is 4.98 Å². The third kappa shape index (κ3) is 4.13. The number of H-pyrrole nitrogens is 1. The largest absolute Gasteiger partial charge is 0.385 e. The molecule has 82 valence electrons. The molecule has 0 saturated heterocycles. The van der Waals surface area contributed by atoms with Crippen LogP contribution >= 0.6 is 0 Å². The fourth-order valence-corrected chi connectivity index (χ4v) is 1.53. The topological polar surface area (TPSA) is 52.7 Å². The van der Waals surface area contributed by atoms with Gasteiger partial charge in [0.05, 0.1) is 12.5 Å². The Hall–Kier alpha value is -1.34. The van der Waals surface area contributed by atoms with Crippen molar-refractivity contribution >= 4 is 0 Å². The predicted octanol–water partition coefficient (Wildman–Crippen LogP) is 1.18. The Kier molecular flexibility index (Phi) is 5.49. The number of rotatable bonds is 7. The van der Waals surface area contributed by atoms with E-state index in [1.54, 1.807) is 7.11 Å². The van der Waals surface area contributed by atoms with E-state index in [-0.39, 0.29) is 0 Å². The zero-order valence-electron chi connectivity index (χ0n) is 9.20. The highest BCUT2D eigenvalue weighted by Gasteiger charge is 2.08. The molecule has 0 spiro atoms. The van der Waals surface area contributed by atoms with Gasteiger partial charge in [-0.3, -0.25) is 0 Å². The Labute approximate surface area is 90.5 Å². The smallest absolute Gasteiger partial charge is 0.254 e. The molecule has 0 bridgehead atoms. The molecule has 0 amide bonds. The Bertz CT molecular complexity index is 314. The zero-order chi connectivity index (χ0) is 10.9. The summed E-state index contributed by atoms with van der Waals surface area (Å²) in [7, 11) is 1.72. The first kappa shape index (κ1) is 11.7.